The molecule has 0 spiro atoms. The molecule has 18 heavy (non-hydrogen) atoms. The molecule has 2 rings (SSSR count). The average Bonchev–Trinajstić information content (AvgIpc) is 2.22. The first-order chi connectivity index (χ1) is 8.29. The largest absolute Gasteiger partial charge is 0.417 e. The summed E-state index contributed by atoms with van der Waals surface area (Å²) in [6.45, 7) is 0.151. The molecule has 0 saturated carbocycles. The minimum absolute atomic E-state index is 0.0756. The molecule has 3 nitrogen and oxygen atoms in total. The van der Waals surface area contributed by atoms with Crippen molar-refractivity contribution in [2.75, 3.05) is 13.1 Å². The first-order valence-corrected chi connectivity index (χ1v) is 5.92. The van der Waals surface area contributed by atoms with Crippen LogP contribution in [0.3, 0.4) is 0 Å². The predicted octanol–water partition coefficient (Wildman–Crippen LogP) is 2.28. The van der Waals surface area contributed by atoms with Gasteiger partial charge in [0.15, 0.2) is 0 Å². The molecule has 1 fully saturated rings. The van der Waals surface area contributed by atoms with E-state index in [9.17, 15) is 18.0 Å². The molecule has 1 saturated heterocycles. The number of rotatable bonds is 1. The second-order valence-corrected chi connectivity index (χ2v) is 4.97. The summed E-state index contributed by atoms with van der Waals surface area (Å²) in [5.41, 5.74) is -1.36. The molecule has 1 aliphatic heterocycles. The predicted molar refractivity (Wildman–Crippen MR) is 61.1 cm³/mol. The number of aliphatic hydroxyl groups excluding tert-OH is 1. The Morgan fingerprint density at radius 3 is 2.50 bits per heavy atom. The number of β-amino-alcohol motifs (C(OH)–C–C–N with tert-alkyl or cyclic N) is 1. The molecular formula is C11H9BrF3NO2. The maximum atomic E-state index is 12.8. The molecule has 7 heteroatoms. The molecule has 1 heterocycles. The Morgan fingerprint density at radius 1 is 1.39 bits per heavy atom. The molecule has 0 aliphatic carbocycles. The topological polar surface area (TPSA) is 40.5 Å². The van der Waals surface area contributed by atoms with Gasteiger partial charge in [-0.25, -0.2) is 0 Å². The average molecular weight is 324 g/mol. The van der Waals surface area contributed by atoms with Crippen molar-refractivity contribution in [1.82, 2.24) is 4.90 Å². The Labute approximate surface area is 109 Å². The van der Waals surface area contributed by atoms with Crippen LogP contribution in [-0.4, -0.2) is 35.1 Å². The lowest BCUT2D eigenvalue weighted by Gasteiger charge is -2.36. The zero-order valence-electron chi connectivity index (χ0n) is 9.04. The van der Waals surface area contributed by atoms with Gasteiger partial charge in [0.25, 0.3) is 5.91 Å². The van der Waals surface area contributed by atoms with E-state index < -0.39 is 29.3 Å². The number of likely N-dealkylation sites (tertiary alicyclic amines) is 1. The van der Waals surface area contributed by atoms with Gasteiger partial charge < -0.3 is 10.0 Å². The lowest BCUT2D eigenvalue weighted by Crippen LogP contribution is -2.53. The van der Waals surface area contributed by atoms with Crippen LogP contribution in [0.15, 0.2) is 22.7 Å². The van der Waals surface area contributed by atoms with Gasteiger partial charge in [-0.3, -0.25) is 4.79 Å². The molecular weight excluding hydrogens is 315 g/mol. The van der Waals surface area contributed by atoms with Crippen molar-refractivity contribution in [2.24, 2.45) is 0 Å². The standard InChI is InChI=1S/C11H9BrF3NO2/c12-6-1-2-8(9(3-6)11(13,14)15)10(18)16-4-7(17)5-16/h1-3,7,17H,4-5H2. The lowest BCUT2D eigenvalue weighted by molar-refractivity contribution is -0.138. The van der Waals surface area contributed by atoms with Gasteiger partial charge in [0.2, 0.25) is 0 Å². The summed E-state index contributed by atoms with van der Waals surface area (Å²) in [5, 5.41) is 9.06. The summed E-state index contributed by atoms with van der Waals surface area (Å²) in [6, 6.07) is 3.40. The van der Waals surface area contributed by atoms with E-state index in [0.29, 0.717) is 0 Å². The summed E-state index contributed by atoms with van der Waals surface area (Å²) in [7, 11) is 0. The molecule has 1 aromatic rings. The molecule has 1 amide bonds. The molecule has 0 atom stereocenters. The Kier molecular flexibility index (Phi) is 3.37. The van der Waals surface area contributed by atoms with Crippen LogP contribution in [0.1, 0.15) is 15.9 Å². The second kappa shape index (κ2) is 4.55. The highest BCUT2D eigenvalue weighted by molar-refractivity contribution is 9.10. The quantitative estimate of drug-likeness (QED) is 0.861. The van der Waals surface area contributed by atoms with Gasteiger partial charge in [-0.2, -0.15) is 13.2 Å². The Hall–Kier alpha value is -1.08. The summed E-state index contributed by atoms with van der Waals surface area (Å²) < 4.78 is 38.7. The first-order valence-electron chi connectivity index (χ1n) is 5.13. The van der Waals surface area contributed by atoms with Gasteiger partial charge in [-0.1, -0.05) is 15.9 Å². The van der Waals surface area contributed by atoms with Crippen molar-refractivity contribution in [3.8, 4) is 0 Å². The lowest BCUT2D eigenvalue weighted by atomic mass is 10.0. The van der Waals surface area contributed by atoms with Crippen molar-refractivity contribution in [2.45, 2.75) is 12.3 Å². The van der Waals surface area contributed by atoms with E-state index >= 15 is 0 Å². The molecule has 0 unspecified atom stereocenters. The van der Waals surface area contributed by atoms with Crippen LogP contribution in [0.4, 0.5) is 13.2 Å². The monoisotopic (exact) mass is 323 g/mol. The number of carbonyl (C=O) groups is 1. The fourth-order valence-electron chi connectivity index (χ4n) is 1.73. The Bertz CT molecular complexity index is 484. The molecule has 1 N–H and O–H groups in total. The number of halogens is 4. The summed E-state index contributed by atoms with van der Waals surface area (Å²) in [4.78, 5) is 13.0. The number of hydrogen-bond donors (Lipinski definition) is 1. The van der Waals surface area contributed by atoms with E-state index in [1.165, 1.54) is 11.0 Å². The van der Waals surface area contributed by atoms with Crippen LogP contribution in [0.2, 0.25) is 0 Å². The van der Waals surface area contributed by atoms with Crippen LogP contribution in [0.5, 0.6) is 0 Å². The van der Waals surface area contributed by atoms with Crippen molar-refractivity contribution in [3.63, 3.8) is 0 Å². The summed E-state index contributed by atoms with van der Waals surface area (Å²) >= 11 is 2.95. The summed E-state index contributed by atoms with van der Waals surface area (Å²) in [5.74, 6) is -0.708. The second-order valence-electron chi connectivity index (χ2n) is 4.05. The van der Waals surface area contributed by atoms with Crippen molar-refractivity contribution in [1.29, 1.82) is 0 Å². The molecule has 0 radical (unpaired) electrons. The SMILES string of the molecule is O=C(c1ccc(Br)cc1C(F)(F)F)N1CC(O)C1. The van der Waals surface area contributed by atoms with Crippen LogP contribution in [-0.2, 0) is 6.18 Å². The number of aliphatic hydroxyl groups is 1. The van der Waals surface area contributed by atoms with Gasteiger partial charge in [0, 0.05) is 17.6 Å². The number of nitrogens with zero attached hydrogens (tertiary/aromatic N) is 1. The highest BCUT2D eigenvalue weighted by Crippen LogP contribution is 2.34. The highest BCUT2D eigenvalue weighted by Gasteiger charge is 2.38. The third kappa shape index (κ3) is 2.51. The van der Waals surface area contributed by atoms with E-state index in [1.54, 1.807) is 0 Å². The fourth-order valence-corrected chi connectivity index (χ4v) is 2.09. The molecule has 0 bridgehead atoms. The molecule has 1 aromatic carbocycles. The van der Waals surface area contributed by atoms with Gasteiger partial charge in [0.05, 0.1) is 17.2 Å². The Balaban J connectivity index is 2.35. The zero-order chi connectivity index (χ0) is 13.5. The minimum atomic E-state index is -4.59. The fraction of sp³-hybridized carbons (Fsp3) is 0.364. The minimum Gasteiger partial charge on any atom is -0.389 e. The highest BCUT2D eigenvalue weighted by atomic mass is 79.9. The van der Waals surface area contributed by atoms with Crippen LogP contribution < -0.4 is 0 Å². The number of alkyl halides is 3. The summed E-state index contributed by atoms with van der Waals surface area (Å²) in [6.07, 6.45) is -5.23. The zero-order valence-corrected chi connectivity index (χ0v) is 10.6. The third-order valence-corrected chi connectivity index (χ3v) is 3.16. The van der Waals surface area contributed by atoms with Gasteiger partial charge in [-0.15, -0.1) is 0 Å². The molecule has 98 valence electrons. The molecule has 0 aromatic heterocycles. The van der Waals surface area contributed by atoms with Crippen LogP contribution in [0, 0.1) is 0 Å². The maximum Gasteiger partial charge on any atom is 0.417 e. The Morgan fingerprint density at radius 2 is 2.00 bits per heavy atom. The van der Waals surface area contributed by atoms with Crippen molar-refractivity contribution < 1.29 is 23.1 Å². The van der Waals surface area contributed by atoms with Gasteiger partial charge in [0.1, 0.15) is 0 Å². The maximum absolute atomic E-state index is 12.8. The van der Waals surface area contributed by atoms with Crippen molar-refractivity contribution in [3.05, 3.63) is 33.8 Å². The van der Waals surface area contributed by atoms with E-state index in [2.05, 4.69) is 15.9 Å². The third-order valence-electron chi connectivity index (χ3n) is 2.67. The van der Waals surface area contributed by atoms with E-state index in [1.807, 2.05) is 0 Å². The van der Waals surface area contributed by atoms with Crippen LogP contribution >= 0.6 is 15.9 Å². The van der Waals surface area contributed by atoms with Gasteiger partial charge in [-0.05, 0) is 18.2 Å². The van der Waals surface area contributed by atoms with E-state index in [-0.39, 0.29) is 17.6 Å². The smallest absolute Gasteiger partial charge is 0.389 e. The van der Waals surface area contributed by atoms with Crippen LogP contribution in [0.25, 0.3) is 0 Å². The number of hydrogen-bond acceptors (Lipinski definition) is 2. The van der Waals surface area contributed by atoms with Gasteiger partial charge >= 0.3 is 6.18 Å². The van der Waals surface area contributed by atoms with E-state index in [4.69, 9.17) is 5.11 Å². The number of amides is 1. The normalized spacial score (nSPS) is 16.6. The first kappa shape index (κ1) is 13.4. The number of carbonyl (C=O) groups excluding carboxylic acids is 1. The van der Waals surface area contributed by atoms with Crippen molar-refractivity contribution >= 4 is 21.8 Å². The van der Waals surface area contributed by atoms with E-state index in [0.717, 1.165) is 12.1 Å². The molecule has 1 aliphatic rings. The number of benzene rings is 1.